The summed E-state index contributed by atoms with van der Waals surface area (Å²) >= 11 is 0. The Kier molecular flexibility index (Phi) is 8.20. The van der Waals surface area contributed by atoms with E-state index < -0.39 is 11.6 Å². The van der Waals surface area contributed by atoms with E-state index in [-0.39, 0.29) is 12.4 Å². The molecule has 2 rings (SSSR count). The van der Waals surface area contributed by atoms with Crippen LogP contribution in [-0.2, 0) is 28.0 Å². The molecule has 1 aromatic rings. The number of hydrogen-bond donors (Lipinski definition) is 1. The van der Waals surface area contributed by atoms with Gasteiger partial charge in [0.1, 0.15) is 6.61 Å². The Morgan fingerprint density at radius 1 is 1.21 bits per heavy atom. The number of carbonyl (C=O) groups is 1. The third kappa shape index (κ3) is 4.95. The second-order valence-corrected chi connectivity index (χ2v) is 6.43. The van der Waals surface area contributed by atoms with Gasteiger partial charge in [0.15, 0.2) is 5.60 Å². The number of likely N-dealkylation sites (N-methyl/N-ethyl adjacent to an activating group) is 1. The fraction of sp³-hybridized carbons (Fsp3) is 0.632. The van der Waals surface area contributed by atoms with E-state index in [0.717, 1.165) is 25.9 Å². The highest BCUT2D eigenvalue weighted by Crippen LogP contribution is 2.28. The summed E-state index contributed by atoms with van der Waals surface area (Å²) in [5.41, 5.74) is 1.64. The maximum atomic E-state index is 12.3. The summed E-state index contributed by atoms with van der Waals surface area (Å²) in [5.74, 6) is -0.569. The molecule has 1 aliphatic rings. The Hall–Kier alpha value is -1.10. The molecule has 0 heterocycles. The van der Waals surface area contributed by atoms with Crippen molar-refractivity contribution in [1.29, 1.82) is 0 Å². The van der Waals surface area contributed by atoms with Gasteiger partial charge in [-0.2, -0.15) is 0 Å². The largest absolute Gasteiger partial charge is 0.462 e. The number of benzene rings is 1. The first-order valence-corrected chi connectivity index (χ1v) is 8.73. The molecule has 0 saturated carbocycles. The Labute approximate surface area is 151 Å². The van der Waals surface area contributed by atoms with Crippen molar-refractivity contribution in [1.82, 2.24) is 4.90 Å². The first kappa shape index (κ1) is 20.9. The molecule has 1 aromatic carbocycles. The van der Waals surface area contributed by atoms with Gasteiger partial charge >= 0.3 is 5.97 Å². The van der Waals surface area contributed by atoms with Gasteiger partial charge in [0, 0.05) is 6.54 Å². The van der Waals surface area contributed by atoms with Crippen molar-refractivity contribution in [3.05, 3.63) is 34.9 Å². The Bertz CT molecular complexity index is 541. The summed E-state index contributed by atoms with van der Waals surface area (Å²) in [6.45, 7) is 8.53. The molecule has 0 radical (unpaired) electrons. The van der Waals surface area contributed by atoms with Crippen LogP contribution in [0.3, 0.4) is 0 Å². The van der Waals surface area contributed by atoms with E-state index in [1.54, 1.807) is 0 Å². The zero-order valence-corrected chi connectivity index (χ0v) is 15.8. The number of carbonyl (C=O) groups excluding carboxylic acids is 1. The molecule has 136 valence electrons. The second-order valence-electron chi connectivity index (χ2n) is 6.43. The van der Waals surface area contributed by atoms with Crippen LogP contribution in [-0.4, -0.2) is 42.2 Å². The van der Waals surface area contributed by atoms with Crippen LogP contribution < -0.4 is 0 Å². The van der Waals surface area contributed by atoms with Gasteiger partial charge in [-0.25, -0.2) is 4.79 Å². The number of esters is 1. The number of rotatable bonds is 7. The average Bonchev–Trinajstić information content (AvgIpc) is 2.58. The lowest BCUT2D eigenvalue weighted by atomic mass is 9.86. The molecular weight excluding hydrogens is 326 g/mol. The van der Waals surface area contributed by atoms with E-state index in [9.17, 15) is 9.90 Å². The van der Waals surface area contributed by atoms with Crippen molar-refractivity contribution in [2.24, 2.45) is 0 Å². The maximum Gasteiger partial charge on any atom is 0.342 e. The van der Waals surface area contributed by atoms with E-state index in [4.69, 9.17) is 4.74 Å². The quantitative estimate of drug-likeness (QED) is 0.764. The number of halogens is 1. The maximum absolute atomic E-state index is 12.3. The Balaban J connectivity index is 0.00000288. The molecule has 0 aromatic heterocycles. The molecule has 0 aliphatic heterocycles. The van der Waals surface area contributed by atoms with Gasteiger partial charge < -0.3 is 14.7 Å². The van der Waals surface area contributed by atoms with E-state index in [0.29, 0.717) is 18.7 Å². The van der Waals surface area contributed by atoms with E-state index >= 15 is 0 Å². The van der Waals surface area contributed by atoms with Gasteiger partial charge in [-0.05, 0) is 62.4 Å². The lowest BCUT2D eigenvalue weighted by Crippen LogP contribution is -2.36. The number of ether oxygens (including phenoxy) is 1. The predicted molar refractivity (Wildman–Crippen MR) is 98.6 cm³/mol. The van der Waals surface area contributed by atoms with Crippen molar-refractivity contribution in [2.75, 3.05) is 26.2 Å². The van der Waals surface area contributed by atoms with Gasteiger partial charge in [0.05, 0.1) is 0 Å². The minimum Gasteiger partial charge on any atom is -0.462 e. The summed E-state index contributed by atoms with van der Waals surface area (Å²) < 4.78 is 5.31. The molecule has 5 heteroatoms. The van der Waals surface area contributed by atoms with Crippen LogP contribution in [0.1, 0.15) is 50.3 Å². The van der Waals surface area contributed by atoms with Crippen LogP contribution in [0, 0.1) is 0 Å². The topological polar surface area (TPSA) is 49.8 Å². The van der Waals surface area contributed by atoms with Gasteiger partial charge in [-0.1, -0.05) is 32.0 Å². The lowest BCUT2D eigenvalue weighted by molar-refractivity contribution is -0.165. The standard InChI is InChI=1S/C19H29NO3.ClH/c1-4-20(5-2)12-13-23-18(21)19(3,22)17-11-10-15-8-6-7-9-16(15)14-17;/h10-11,14,22H,4-9,12-13H2,1-3H3;1H. The summed E-state index contributed by atoms with van der Waals surface area (Å²) in [4.78, 5) is 14.5. The number of nitrogens with zero attached hydrogens (tertiary/aromatic N) is 1. The molecule has 24 heavy (non-hydrogen) atoms. The minimum absolute atomic E-state index is 0. The third-order valence-electron chi connectivity index (χ3n) is 4.84. The van der Waals surface area contributed by atoms with Crippen molar-refractivity contribution in [2.45, 2.75) is 52.1 Å². The monoisotopic (exact) mass is 355 g/mol. The number of hydrogen-bond acceptors (Lipinski definition) is 4. The molecular formula is C19H30ClNO3. The van der Waals surface area contributed by atoms with Gasteiger partial charge in [0.2, 0.25) is 0 Å². The number of fused-ring (bicyclic) bond motifs is 1. The highest BCUT2D eigenvalue weighted by Gasteiger charge is 2.34. The number of aliphatic hydroxyl groups is 1. The smallest absolute Gasteiger partial charge is 0.342 e. The molecule has 0 saturated heterocycles. The number of aryl methyl sites for hydroxylation is 2. The van der Waals surface area contributed by atoms with Crippen LogP contribution in [0.5, 0.6) is 0 Å². The zero-order chi connectivity index (χ0) is 16.9. The van der Waals surface area contributed by atoms with E-state index in [1.807, 2.05) is 18.2 Å². The second kappa shape index (κ2) is 9.40. The van der Waals surface area contributed by atoms with Crippen LogP contribution in [0.15, 0.2) is 18.2 Å². The Morgan fingerprint density at radius 3 is 2.46 bits per heavy atom. The molecule has 1 unspecified atom stereocenters. The molecule has 0 fully saturated rings. The first-order valence-electron chi connectivity index (χ1n) is 8.73. The highest BCUT2D eigenvalue weighted by molar-refractivity contribution is 5.85. The van der Waals surface area contributed by atoms with E-state index in [2.05, 4.69) is 18.7 Å². The summed E-state index contributed by atoms with van der Waals surface area (Å²) in [7, 11) is 0. The fourth-order valence-corrected chi connectivity index (χ4v) is 3.10. The van der Waals surface area contributed by atoms with Crippen LogP contribution in [0.4, 0.5) is 0 Å². The van der Waals surface area contributed by atoms with Gasteiger partial charge in [-0.15, -0.1) is 12.4 Å². The van der Waals surface area contributed by atoms with Gasteiger partial charge in [0.25, 0.3) is 0 Å². The fourth-order valence-electron chi connectivity index (χ4n) is 3.10. The highest BCUT2D eigenvalue weighted by atomic mass is 35.5. The Morgan fingerprint density at radius 2 is 1.83 bits per heavy atom. The summed E-state index contributed by atoms with van der Waals surface area (Å²) in [5, 5.41) is 10.6. The molecule has 0 amide bonds. The first-order chi connectivity index (χ1) is 11.0. The summed E-state index contributed by atoms with van der Waals surface area (Å²) in [6.07, 6.45) is 4.51. The van der Waals surface area contributed by atoms with Crippen LogP contribution >= 0.6 is 12.4 Å². The SMILES string of the molecule is CCN(CC)CCOC(=O)C(C)(O)c1ccc2c(c1)CCCC2.Cl. The predicted octanol–water partition coefficient (Wildman–Crippen LogP) is 3.08. The molecule has 0 bridgehead atoms. The normalized spacial score (nSPS) is 16.0. The summed E-state index contributed by atoms with van der Waals surface area (Å²) in [6, 6.07) is 5.87. The van der Waals surface area contributed by atoms with Crippen molar-refractivity contribution >= 4 is 18.4 Å². The van der Waals surface area contributed by atoms with E-state index in [1.165, 1.54) is 30.9 Å². The van der Waals surface area contributed by atoms with Crippen molar-refractivity contribution in [3.8, 4) is 0 Å². The minimum atomic E-state index is -1.59. The molecule has 4 nitrogen and oxygen atoms in total. The average molecular weight is 356 g/mol. The molecule has 0 spiro atoms. The zero-order valence-electron chi connectivity index (χ0n) is 15.0. The lowest BCUT2D eigenvalue weighted by Gasteiger charge is -2.25. The molecule has 1 atom stereocenters. The van der Waals surface area contributed by atoms with Crippen LogP contribution in [0.25, 0.3) is 0 Å². The van der Waals surface area contributed by atoms with Gasteiger partial charge in [-0.3, -0.25) is 0 Å². The molecule has 1 aliphatic carbocycles. The van der Waals surface area contributed by atoms with Crippen molar-refractivity contribution < 1.29 is 14.6 Å². The van der Waals surface area contributed by atoms with Crippen molar-refractivity contribution in [3.63, 3.8) is 0 Å². The van der Waals surface area contributed by atoms with Crippen LogP contribution in [0.2, 0.25) is 0 Å². The molecule has 1 N–H and O–H groups in total. The third-order valence-corrected chi connectivity index (χ3v) is 4.84.